The summed E-state index contributed by atoms with van der Waals surface area (Å²) in [6.45, 7) is 2.02. The number of nitrogens with zero attached hydrogens (tertiary/aromatic N) is 3. The molecule has 1 aliphatic rings. The Morgan fingerprint density at radius 2 is 1.76 bits per heavy atom. The summed E-state index contributed by atoms with van der Waals surface area (Å²) in [5, 5.41) is 12.4. The highest BCUT2D eigenvalue weighted by molar-refractivity contribution is 7.98. The van der Waals surface area contributed by atoms with Gasteiger partial charge in [-0.05, 0) is 49.6 Å². The zero-order chi connectivity index (χ0) is 22.8. The van der Waals surface area contributed by atoms with E-state index >= 15 is 0 Å². The van der Waals surface area contributed by atoms with E-state index in [-0.39, 0.29) is 11.7 Å². The molecular formula is C26H23FN4OS. The van der Waals surface area contributed by atoms with Gasteiger partial charge in [0.2, 0.25) is 0 Å². The smallest absolute Gasteiger partial charge is 0.251 e. The molecule has 1 aromatic heterocycles. The quantitative estimate of drug-likeness (QED) is 0.368. The summed E-state index contributed by atoms with van der Waals surface area (Å²) in [5.41, 5.74) is 4.12. The van der Waals surface area contributed by atoms with Gasteiger partial charge in [-0.1, -0.05) is 65.9 Å². The lowest BCUT2D eigenvalue weighted by Gasteiger charge is -2.11. The highest BCUT2D eigenvalue weighted by Gasteiger charge is 2.23. The van der Waals surface area contributed by atoms with Crippen LogP contribution in [0, 0.1) is 12.7 Å². The van der Waals surface area contributed by atoms with Crippen molar-refractivity contribution in [3.05, 3.63) is 95.3 Å². The molecular weight excluding hydrogens is 435 g/mol. The molecule has 0 spiro atoms. The number of hydrogen-bond acceptors (Lipinski definition) is 4. The lowest BCUT2D eigenvalue weighted by Crippen LogP contribution is -2.25. The van der Waals surface area contributed by atoms with Crippen molar-refractivity contribution in [2.24, 2.45) is 0 Å². The third kappa shape index (κ3) is 4.83. The number of benzene rings is 3. The molecule has 1 fully saturated rings. The lowest BCUT2D eigenvalue weighted by molar-refractivity contribution is 0.0951. The Labute approximate surface area is 196 Å². The number of carbonyl (C=O) groups excluding carboxylic acids is 1. The second kappa shape index (κ2) is 9.19. The molecule has 1 heterocycles. The number of para-hydroxylation sites is 1. The maximum atomic E-state index is 14.7. The maximum absolute atomic E-state index is 14.7. The summed E-state index contributed by atoms with van der Waals surface area (Å²) in [5.74, 6) is 0.845. The average Bonchev–Trinajstić information content (AvgIpc) is 3.55. The van der Waals surface area contributed by atoms with Crippen LogP contribution in [0.1, 0.15) is 34.3 Å². The summed E-state index contributed by atoms with van der Waals surface area (Å²) >= 11 is 1.48. The molecule has 0 saturated heterocycles. The van der Waals surface area contributed by atoms with E-state index in [1.807, 2.05) is 55.5 Å². The number of aryl methyl sites for hydroxylation is 1. The van der Waals surface area contributed by atoms with Gasteiger partial charge in [-0.15, -0.1) is 10.2 Å². The fourth-order valence-electron chi connectivity index (χ4n) is 3.50. The Kier molecular flexibility index (Phi) is 5.96. The van der Waals surface area contributed by atoms with Crippen LogP contribution >= 0.6 is 11.8 Å². The number of aromatic nitrogens is 3. The molecule has 4 aromatic rings. The zero-order valence-corrected chi connectivity index (χ0v) is 19.0. The average molecular weight is 459 g/mol. The first-order chi connectivity index (χ1) is 16.1. The number of rotatable bonds is 7. The molecule has 5 rings (SSSR count). The van der Waals surface area contributed by atoms with Gasteiger partial charge >= 0.3 is 0 Å². The van der Waals surface area contributed by atoms with Crippen molar-refractivity contribution < 1.29 is 9.18 Å². The number of thioether (sulfide) groups is 1. The predicted molar refractivity (Wildman–Crippen MR) is 128 cm³/mol. The Morgan fingerprint density at radius 3 is 2.45 bits per heavy atom. The SMILES string of the molecule is Cc1ccc(-c2nnc(SCc3ccc(C(=O)NC4CC4)cc3)n2-c2ccccc2F)cc1. The zero-order valence-electron chi connectivity index (χ0n) is 18.2. The largest absolute Gasteiger partial charge is 0.349 e. The maximum Gasteiger partial charge on any atom is 0.251 e. The molecule has 0 radical (unpaired) electrons. The predicted octanol–water partition coefficient (Wildman–Crippen LogP) is 5.57. The standard InChI is InChI=1S/C26H23FN4OS/c1-17-6-10-19(11-7-17)24-29-30-26(31(24)23-5-3-2-4-22(23)27)33-16-18-8-12-20(13-9-18)25(32)28-21-14-15-21/h2-13,21H,14-16H2,1H3,(H,28,32). The number of hydrogen-bond donors (Lipinski definition) is 1. The highest BCUT2D eigenvalue weighted by Crippen LogP contribution is 2.31. The van der Waals surface area contributed by atoms with E-state index < -0.39 is 0 Å². The van der Waals surface area contributed by atoms with E-state index in [1.54, 1.807) is 22.8 Å². The minimum Gasteiger partial charge on any atom is -0.349 e. The first-order valence-electron chi connectivity index (χ1n) is 10.9. The Balaban J connectivity index is 1.40. The van der Waals surface area contributed by atoms with E-state index in [4.69, 9.17) is 0 Å². The highest BCUT2D eigenvalue weighted by atomic mass is 32.2. The topological polar surface area (TPSA) is 59.8 Å². The van der Waals surface area contributed by atoms with Crippen molar-refractivity contribution >= 4 is 17.7 Å². The molecule has 1 saturated carbocycles. The van der Waals surface area contributed by atoms with Crippen LogP contribution in [0.25, 0.3) is 17.1 Å². The number of amides is 1. The van der Waals surface area contributed by atoms with Crippen LogP contribution in [-0.2, 0) is 5.75 Å². The second-order valence-electron chi connectivity index (χ2n) is 8.19. The van der Waals surface area contributed by atoms with Crippen molar-refractivity contribution in [3.63, 3.8) is 0 Å². The molecule has 1 aliphatic carbocycles. The van der Waals surface area contributed by atoms with Gasteiger partial charge in [0, 0.05) is 22.9 Å². The fourth-order valence-corrected chi connectivity index (χ4v) is 4.40. The molecule has 3 aromatic carbocycles. The summed E-state index contributed by atoms with van der Waals surface area (Å²) in [7, 11) is 0. The van der Waals surface area contributed by atoms with Crippen molar-refractivity contribution in [1.29, 1.82) is 0 Å². The van der Waals surface area contributed by atoms with Crippen molar-refractivity contribution in [1.82, 2.24) is 20.1 Å². The van der Waals surface area contributed by atoms with Crippen LogP contribution in [0.2, 0.25) is 0 Å². The molecule has 0 bridgehead atoms. The monoisotopic (exact) mass is 458 g/mol. The third-order valence-corrected chi connectivity index (χ3v) is 6.53. The van der Waals surface area contributed by atoms with Gasteiger partial charge in [0.15, 0.2) is 11.0 Å². The van der Waals surface area contributed by atoms with Crippen molar-refractivity contribution in [3.8, 4) is 17.1 Å². The molecule has 0 unspecified atom stereocenters. The van der Waals surface area contributed by atoms with Gasteiger partial charge in [0.25, 0.3) is 5.91 Å². The lowest BCUT2D eigenvalue weighted by atomic mass is 10.1. The molecule has 33 heavy (non-hydrogen) atoms. The molecule has 5 nitrogen and oxygen atoms in total. The number of carbonyl (C=O) groups is 1. The molecule has 0 aliphatic heterocycles. The Bertz CT molecular complexity index is 1280. The molecule has 1 amide bonds. The van der Waals surface area contributed by atoms with E-state index in [1.165, 1.54) is 17.8 Å². The third-order valence-electron chi connectivity index (χ3n) is 5.53. The second-order valence-corrected chi connectivity index (χ2v) is 9.13. The van der Waals surface area contributed by atoms with Gasteiger partial charge in [0.1, 0.15) is 5.82 Å². The van der Waals surface area contributed by atoms with Crippen molar-refractivity contribution in [2.45, 2.75) is 36.7 Å². The van der Waals surface area contributed by atoms with Crippen LogP contribution in [0.15, 0.2) is 78.0 Å². The summed E-state index contributed by atoms with van der Waals surface area (Å²) < 4.78 is 16.5. The number of nitrogens with one attached hydrogen (secondary N) is 1. The normalized spacial score (nSPS) is 13.2. The van der Waals surface area contributed by atoms with E-state index in [0.717, 1.165) is 29.5 Å². The van der Waals surface area contributed by atoms with Gasteiger partial charge < -0.3 is 5.32 Å². The van der Waals surface area contributed by atoms with Crippen LogP contribution in [0.5, 0.6) is 0 Å². The first-order valence-corrected chi connectivity index (χ1v) is 11.9. The van der Waals surface area contributed by atoms with Crippen LogP contribution in [0.3, 0.4) is 0 Å². The van der Waals surface area contributed by atoms with E-state index in [9.17, 15) is 9.18 Å². The minimum atomic E-state index is -0.335. The number of halogens is 1. The van der Waals surface area contributed by atoms with Gasteiger partial charge in [-0.25, -0.2) is 4.39 Å². The van der Waals surface area contributed by atoms with Crippen LogP contribution in [-0.4, -0.2) is 26.7 Å². The summed E-state index contributed by atoms with van der Waals surface area (Å²) in [6.07, 6.45) is 2.13. The molecule has 7 heteroatoms. The first kappa shape index (κ1) is 21.4. The summed E-state index contributed by atoms with van der Waals surface area (Å²) in [6, 6.07) is 22.5. The summed E-state index contributed by atoms with van der Waals surface area (Å²) in [4.78, 5) is 12.2. The Morgan fingerprint density at radius 1 is 1.03 bits per heavy atom. The van der Waals surface area contributed by atoms with Gasteiger partial charge in [-0.3, -0.25) is 9.36 Å². The fraction of sp³-hybridized carbons (Fsp3) is 0.192. The van der Waals surface area contributed by atoms with Crippen LogP contribution < -0.4 is 5.32 Å². The van der Waals surface area contributed by atoms with Gasteiger partial charge in [0.05, 0.1) is 5.69 Å². The molecule has 166 valence electrons. The molecule has 0 atom stereocenters. The molecule has 1 N–H and O–H groups in total. The van der Waals surface area contributed by atoms with E-state index in [0.29, 0.717) is 34.0 Å². The minimum absolute atomic E-state index is 0.0289. The van der Waals surface area contributed by atoms with Crippen molar-refractivity contribution in [2.75, 3.05) is 0 Å². The van der Waals surface area contributed by atoms with Crippen LogP contribution in [0.4, 0.5) is 4.39 Å². The Hall–Kier alpha value is -3.45. The van der Waals surface area contributed by atoms with E-state index in [2.05, 4.69) is 15.5 Å². The van der Waals surface area contributed by atoms with Gasteiger partial charge in [-0.2, -0.15) is 0 Å².